The Labute approximate surface area is 202 Å². The van der Waals surface area contributed by atoms with Gasteiger partial charge < -0.3 is 4.57 Å². The van der Waals surface area contributed by atoms with Crippen LogP contribution in [0.2, 0.25) is 0 Å². The molecule has 0 saturated heterocycles. The molecule has 0 bridgehead atoms. The number of nitrogens with zero attached hydrogens (tertiary/aromatic N) is 3. The van der Waals surface area contributed by atoms with Gasteiger partial charge in [-0.3, -0.25) is 9.10 Å². The third kappa shape index (κ3) is 3.76. The van der Waals surface area contributed by atoms with Gasteiger partial charge in [0.1, 0.15) is 0 Å². The van der Waals surface area contributed by atoms with Gasteiger partial charge in [-0.1, -0.05) is 29.5 Å². The molecule has 0 fully saturated rings. The van der Waals surface area contributed by atoms with Gasteiger partial charge in [-0.05, 0) is 86.3 Å². The second-order valence-corrected chi connectivity index (χ2v) is 11.3. The molecule has 2 heterocycles. The van der Waals surface area contributed by atoms with E-state index in [1.54, 1.807) is 12.1 Å². The number of benzene rings is 3. The van der Waals surface area contributed by atoms with Crippen molar-refractivity contribution in [3.63, 3.8) is 0 Å². The molecule has 174 valence electrons. The molecule has 4 aromatic rings. The molecule has 1 aromatic heterocycles. The smallest absolute Gasteiger partial charge is 0.279 e. The number of aromatic nitrogens is 1. The second-order valence-electron chi connectivity index (χ2n) is 8.43. The van der Waals surface area contributed by atoms with Crippen LogP contribution in [0, 0.1) is 13.8 Å². The van der Waals surface area contributed by atoms with Crippen LogP contribution in [0.25, 0.3) is 10.2 Å². The largest absolute Gasteiger partial charge is 0.317 e. The molecule has 0 N–H and O–H groups in total. The Kier molecular flexibility index (Phi) is 5.65. The Morgan fingerprint density at radius 1 is 1.03 bits per heavy atom. The molecular weight excluding hydrogens is 466 g/mol. The van der Waals surface area contributed by atoms with Crippen molar-refractivity contribution in [3.8, 4) is 0 Å². The summed E-state index contributed by atoms with van der Waals surface area (Å²) in [6.45, 7) is 7.29. The summed E-state index contributed by atoms with van der Waals surface area (Å²) in [5.41, 5.74) is 5.56. The molecule has 6 nitrogen and oxygen atoms in total. The molecule has 0 atom stereocenters. The zero-order chi connectivity index (χ0) is 24.0. The first-order valence-electron chi connectivity index (χ1n) is 11.2. The van der Waals surface area contributed by atoms with E-state index in [0.717, 1.165) is 21.5 Å². The monoisotopic (exact) mass is 491 g/mol. The van der Waals surface area contributed by atoms with E-state index in [0.29, 0.717) is 29.9 Å². The molecule has 5 rings (SSSR count). The van der Waals surface area contributed by atoms with Crippen LogP contribution in [0.15, 0.2) is 70.6 Å². The minimum Gasteiger partial charge on any atom is -0.317 e. The number of rotatable bonds is 4. The number of carbonyl (C=O) groups is 1. The molecule has 1 aliphatic heterocycles. The lowest BCUT2D eigenvalue weighted by Crippen LogP contribution is -2.29. The lowest BCUT2D eigenvalue weighted by atomic mass is 10.1. The second kappa shape index (κ2) is 8.52. The maximum Gasteiger partial charge on any atom is 0.279 e. The van der Waals surface area contributed by atoms with Gasteiger partial charge in [-0.25, -0.2) is 8.42 Å². The van der Waals surface area contributed by atoms with E-state index in [1.807, 2.05) is 35.8 Å². The van der Waals surface area contributed by atoms with Gasteiger partial charge in [0.05, 0.1) is 20.8 Å². The van der Waals surface area contributed by atoms with Gasteiger partial charge in [-0.15, -0.1) is 0 Å². The van der Waals surface area contributed by atoms with E-state index in [2.05, 4.69) is 31.0 Å². The third-order valence-corrected chi connectivity index (χ3v) is 9.21. The Morgan fingerprint density at radius 3 is 2.47 bits per heavy atom. The third-order valence-electron chi connectivity index (χ3n) is 6.35. The van der Waals surface area contributed by atoms with Gasteiger partial charge in [0.25, 0.3) is 15.9 Å². The summed E-state index contributed by atoms with van der Waals surface area (Å²) in [5, 5.41) is 0. The highest BCUT2D eigenvalue weighted by Crippen LogP contribution is 2.32. The average Bonchev–Trinajstić information content (AvgIpc) is 3.41. The summed E-state index contributed by atoms with van der Waals surface area (Å²) >= 11 is 1.48. The van der Waals surface area contributed by atoms with Gasteiger partial charge in [0, 0.05) is 18.7 Å². The lowest BCUT2D eigenvalue weighted by Gasteiger charge is -2.19. The number of hydrogen-bond acceptors (Lipinski definition) is 4. The van der Waals surface area contributed by atoms with Crippen molar-refractivity contribution in [2.24, 2.45) is 4.99 Å². The highest BCUT2D eigenvalue weighted by Gasteiger charge is 2.30. The van der Waals surface area contributed by atoms with Gasteiger partial charge in [0.15, 0.2) is 4.80 Å². The van der Waals surface area contributed by atoms with E-state index in [-0.39, 0.29) is 4.90 Å². The van der Waals surface area contributed by atoms with Crippen LogP contribution in [0.1, 0.15) is 34.0 Å². The molecule has 1 aliphatic rings. The van der Waals surface area contributed by atoms with Crippen molar-refractivity contribution < 1.29 is 13.2 Å². The topological polar surface area (TPSA) is 71.7 Å². The van der Waals surface area contributed by atoms with Crippen LogP contribution in [-0.4, -0.2) is 25.4 Å². The van der Waals surface area contributed by atoms with E-state index < -0.39 is 15.9 Å². The minimum atomic E-state index is -3.70. The number of para-hydroxylation sites is 1. The highest BCUT2D eigenvalue weighted by atomic mass is 32.2. The first-order chi connectivity index (χ1) is 16.3. The summed E-state index contributed by atoms with van der Waals surface area (Å²) in [7, 11) is -3.70. The Bertz CT molecular complexity index is 1600. The van der Waals surface area contributed by atoms with Gasteiger partial charge in [0.2, 0.25) is 0 Å². The van der Waals surface area contributed by atoms with Crippen molar-refractivity contribution >= 4 is 43.2 Å². The fraction of sp³-hybridized carbons (Fsp3) is 0.231. The summed E-state index contributed by atoms with van der Waals surface area (Å²) in [4.78, 5) is 18.1. The molecule has 0 aliphatic carbocycles. The SMILES string of the molecule is CCn1c(=NC(=O)c2ccc(S(=O)(=O)N3CCc4ccccc43)cc2)sc2cc(C)c(C)cc21. The van der Waals surface area contributed by atoms with Crippen molar-refractivity contribution in [3.05, 3.63) is 87.7 Å². The fourth-order valence-corrected chi connectivity index (χ4v) is 6.99. The molecule has 0 unspecified atom stereocenters. The van der Waals surface area contributed by atoms with Crippen LogP contribution < -0.4 is 9.11 Å². The lowest BCUT2D eigenvalue weighted by molar-refractivity contribution is 0.0997. The van der Waals surface area contributed by atoms with E-state index in [4.69, 9.17) is 0 Å². The summed E-state index contributed by atoms with van der Waals surface area (Å²) < 4.78 is 31.0. The first-order valence-corrected chi connectivity index (χ1v) is 13.5. The predicted molar refractivity (Wildman–Crippen MR) is 136 cm³/mol. The predicted octanol–water partition coefficient (Wildman–Crippen LogP) is 4.83. The number of carbonyl (C=O) groups excluding carboxylic acids is 1. The molecular formula is C26H25N3O3S2. The summed E-state index contributed by atoms with van der Waals surface area (Å²) in [5.74, 6) is -0.391. The molecule has 34 heavy (non-hydrogen) atoms. The number of sulfonamides is 1. The van der Waals surface area contributed by atoms with E-state index in [9.17, 15) is 13.2 Å². The quantitative estimate of drug-likeness (QED) is 0.410. The molecule has 0 radical (unpaired) electrons. The first kappa shape index (κ1) is 22.6. The molecule has 8 heteroatoms. The number of aryl methyl sites for hydroxylation is 3. The maximum absolute atomic E-state index is 13.2. The Hall–Kier alpha value is -3.23. The van der Waals surface area contributed by atoms with E-state index >= 15 is 0 Å². The Balaban J connectivity index is 1.47. The van der Waals surface area contributed by atoms with Crippen molar-refractivity contribution in [2.45, 2.75) is 38.6 Å². The van der Waals surface area contributed by atoms with Gasteiger partial charge in [-0.2, -0.15) is 4.99 Å². The average molecular weight is 492 g/mol. The van der Waals surface area contributed by atoms with Crippen LogP contribution in [0.3, 0.4) is 0 Å². The van der Waals surface area contributed by atoms with Crippen LogP contribution in [0.4, 0.5) is 5.69 Å². The zero-order valence-electron chi connectivity index (χ0n) is 19.3. The number of anilines is 1. The molecule has 0 spiro atoms. The maximum atomic E-state index is 13.2. The van der Waals surface area contributed by atoms with Crippen LogP contribution in [0.5, 0.6) is 0 Å². The number of fused-ring (bicyclic) bond motifs is 2. The zero-order valence-corrected chi connectivity index (χ0v) is 20.9. The van der Waals surface area contributed by atoms with Crippen molar-refractivity contribution in [1.29, 1.82) is 0 Å². The van der Waals surface area contributed by atoms with Crippen LogP contribution >= 0.6 is 11.3 Å². The number of amides is 1. The van der Waals surface area contributed by atoms with Crippen LogP contribution in [-0.2, 0) is 23.0 Å². The fourth-order valence-electron chi connectivity index (χ4n) is 4.32. The van der Waals surface area contributed by atoms with Crippen molar-refractivity contribution in [2.75, 3.05) is 10.8 Å². The normalized spacial score (nSPS) is 14.1. The summed E-state index contributed by atoms with van der Waals surface area (Å²) in [6, 6.07) is 17.9. The number of hydrogen-bond donors (Lipinski definition) is 0. The van der Waals surface area contributed by atoms with Crippen molar-refractivity contribution in [1.82, 2.24) is 4.57 Å². The summed E-state index contributed by atoms with van der Waals surface area (Å²) in [6.07, 6.45) is 0.691. The Morgan fingerprint density at radius 2 is 1.74 bits per heavy atom. The molecule has 3 aromatic carbocycles. The number of thiazole rings is 1. The standard InChI is InChI=1S/C26H25N3O3S2/c1-4-28-23-15-17(2)18(3)16-24(23)33-26(28)27-25(30)20-9-11-21(12-10-20)34(31,32)29-14-13-19-7-5-6-8-22(19)29/h5-12,15-16H,4,13-14H2,1-3H3. The minimum absolute atomic E-state index is 0.164. The highest BCUT2D eigenvalue weighted by molar-refractivity contribution is 7.92. The molecule has 1 amide bonds. The van der Waals surface area contributed by atoms with Gasteiger partial charge >= 0.3 is 0 Å². The van der Waals surface area contributed by atoms with E-state index in [1.165, 1.54) is 38.9 Å². The molecule has 0 saturated carbocycles.